The third kappa shape index (κ3) is 2.88. The second kappa shape index (κ2) is 5.54. The lowest BCUT2D eigenvalue weighted by molar-refractivity contribution is 0.113. The van der Waals surface area contributed by atoms with Gasteiger partial charge in [-0.15, -0.1) is 0 Å². The Hall–Kier alpha value is -0.390. The van der Waals surface area contributed by atoms with Crippen LogP contribution < -0.4 is 0 Å². The van der Waals surface area contributed by atoms with Crippen molar-refractivity contribution in [2.45, 2.75) is 50.8 Å². The summed E-state index contributed by atoms with van der Waals surface area (Å²) in [5.74, 6) is 0. The predicted octanol–water partition coefficient (Wildman–Crippen LogP) is 3.15. The molecule has 5 heteroatoms. The Morgan fingerprint density at radius 2 is 1.95 bits per heavy atom. The minimum absolute atomic E-state index is 0.0437. The monoisotopic (exact) mass is 327 g/mol. The zero-order valence-corrected chi connectivity index (χ0v) is 13.3. The molecule has 2 fully saturated rings. The van der Waals surface area contributed by atoms with Gasteiger partial charge >= 0.3 is 0 Å². The van der Waals surface area contributed by atoms with Crippen LogP contribution in [0, 0.1) is 0 Å². The highest BCUT2D eigenvalue weighted by molar-refractivity contribution is 9.10. The molecule has 4 nitrogen and oxygen atoms in total. The van der Waals surface area contributed by atoms with Crippen molar-refractivity contribution in [3.63, 3.8) is 0 Å². The number of piperidine rings is 1. The van der Waals surface area contributed by atoms with Crippen LogP contribution in [0.5, 0.6) is 0 Å². The minimum atomic E-state index is 0.0437. The zero-order chi connectivity index (χ0) is 13.4. The molecule has 1 saturated heterocycles. The van der Waals surface area contributed by atoms with Crippen LogP contribution in [0.1, 0.15) is 50.4 Å². The maximum atomic E-state index is 5.36. The molecule has 1 aliphatic heterocycles. The summed E-state index contributed by atoms with van der Waals surface area (Å²) in [5, 5.41) is 4.72. The quantitative estimate of drug-likeness (QED) is 0.851. The first kappa shape index (κ1) is 13.6. The average Bonchev–Trinajstić information content (AvgIpc) is 3.21. The number of rotatable bonds is 4. The van der Waals surface area contributed by atoms with Gasteiger partial charge in [-0.25, -0.2) is 0 Å². The van der Waals surface area contributed by atoms with E-state index in [1.807, 2.05) is 6.92 Å². The van der Waals surface area contributed by atoms with E-state index in [-0.39, 0.29) is 6.10 Å². The van der Waals surface area contributed by atoms with E-state index >= 15 is 0 Å². The number of methoxy groups -OCH3 is 1. The van der Waals surface area contributed by atoms with Crippen molar-refractivity contribution < 1.29 is 4.74 Å². The number of aromatic nitrogens is 2. The van der Waals surface area contributed by atoms with Gasteiger partial charge in [-0.2, -0.15) is 5.10 Å². The zero-order valence-electron chi connectivity index (χ0n) is 11.7. The fourth-order valence-corrected chi connectivity index (χ4v) is 3.52. The van der Waals surface area contributed by atoms with Crippen LogP contribution in [0.2, 0.25) is 0 Å². The Labute approximate surface area is 123 Å². The van der Waals surface area contributed by atoms with Gasteiger partial charge < -0.3 is 9.64 Å². The molecule has 0 amide bonds. The van der Waals surface area contributed by atoms with Gasteiger partial charge in [0, 0.05) is 32.4 Å². The van der Waals surface area contributed by atoms with Crippen molar-refractivity contribution in [2.24, 2.45) is 0 Å². The molecule has 3 rings (SSSR count). The number of likely N-dealkylation sites (tertiary alicyclic amines) is 1. The topological polar surface area (TPSA) is 30.3 Å². The summed E-state index contributed by atoms with van der Waals surface area (Å²) in [5.41, 5.74) is 1.01. The van der Waals surface area contributed by atoms with Gasteiger partial charge in [0.05, 0.1) is 16.6 Å². The molecule has 0 radical (unpaired) electrons. The van der Waals surface area contributed by atoms with E-state index in [4.69, 9.17) is 9.84 Å². The SMILES string of the molecule is CO[C@@H](C)c1nn(C2CCN(C3CC3)CC2)cc1Br. The summed E-state index contributed by atoms with van der Waals surface area (Å²) in [6, 6.07) is 1.44. The van der Waals surface area contributed by atoms with E-state index in [2.05, 4.69) is 31.7 Å². The van der Waals surface area contributed by atoms with Crippen LogP contribution >= 0.6 is 15.9 Å². The first-order valence-corrected chi connectivity index (χ1v) is 7.99. The van der Waals surface area contributed by atoms with Crippen LogP contribution in [-0.4, -0.2) is 40.9 Å². The van der Waals surface area contributed by atoms with E-state index < -0.39 is 0 Å². The molecule has 0 N–H and O–H groups in total. The fraction of sp³-hybridized carbons (Fsp3) is 0.786. The lowest BCUT2D eigenvalue weighted by Crippen LogP contribution is -2.36. The summed E-state index contributed by atoms with van der Waals surface area (Å²) in [6.07, 6.45) is 7.40. The Morgan fingerprint density at radius 3 is 2.53 bits per heavy atom. The van der Waals surface area contributed by atoms with Crippen LogP contribution in [-0.2, 0) is 4.74 Å². The first-order chi connectivity index (χ1) is 9.19. The summed E-state index contributed by atoms with van der Waals surface area (Å²) in [6.45, 7) is 4.48. The van der Waals surface area contributed by atoms with Crippen molar-refractivity contribution in [1.29, 1.82) is 0 Å². The Bertz CT molecular complexity index is 436. The summed E-state index contributed by atoms with van der Waals surface area (Å²) in [4.78, 5) is 2.65. The smallest absolute Gasteiger partial charge is 0.105 e. The molecule has 0 unspecified atom stereocenters. The van der Waals surface area contributed by atoms with Gasteiger partial charge in [-0.3, -0.25) is 4.68 Å². The molecular weight excluding hydrogens is 306 g/mol. The highest BCUT2D eigenvalue weighted by Crippen LogP contribution is 2.33. The molecule has 2 heterocycles. The molecule has 0 bridgehead atoms. The van der Waals surface area contributed by atoms with Gasteiger partial charge in [-0.05, 0) is 48.5 Å². The van der Waals surface area contributed by atoms with Gasteiger partial charge in [0.25, 0.3) is 0 Å². The predicted molar refractivity (Wildman–Crippen MR) is 78.2 cm³/mol. The van der Waals surface area contributed by atoms with Gasteiger partial charge in [0.2, 0.25) is 0 Å². The summed E-state index contributed by atoms with van der Waals surface area (Å²) < 4.78 is 8.56. The van der Waals surface area contributed by atoms with E-state index in [9.17, 15) is 0 Å². The van der Waals surface area contributed by atoms with Gasteiger partial charge in [-0.1, -0.05) is 0 Å². The van der Waals surface area contributed by atoms with E-state index in [1.54, 1.807) is 7.11 Å². The van der Waals surface area contributed by atoms with Gasteiger partial charge in [0.15, 0.2) is 0 Å². The highest BCUT2D eigenvalue weighted by atomic mass is 79.9. The summed E-state index contributed by atoms with van der Waals surface area (Å²) >= 11 is 3.60. The lowest BCUT2D eigenvalue weighted by Gasteiger charge is -2.32. The number of hydrogen-bond acceptors (Lipinski definition) is 3. The molecule has 1 aromatic rings. The van der Waals surface area contributed by atoms with Crippen molar-refractivity contribution in [1.82, 2.24) is 14.7 Å². The van der Waals surface area contributed by atoms with E-state index in [0.717, 1.165) is 16.2 Å². The molecule has 1 saturated carbocycles. The summed E-state index contributed by atoms with van der Waals surface area (Å²) in [7, 11) is 1.73. The Kier molecular flexibility index (Phi) is 3.96. The second-order valence-electron chi connectivity index (χ2n) is 5.72. The number of nitrogens with zero attached hydrogens (tertiary/aromatic N) is 3. The lowest BCUT2D eigenvalue weighted by atomic mass is 10.1. The highest BCUT2D eigenvalue weighted by Gasteiger charge is 2.32. The maximum Gasteiger partial charge on any atom is 0.105 e. The maximum absolute atomic E-state index is 5.36. The third-order valence-electron chi connectivity index (χ3n) is 4.39. The molecule has 19 heavy (non-hydrogen) atoms. The molecular formula is C14H22BrN3O. The molecule has 0 aromatic carbocycles. The van der Waals surface area contributed by atoms with E-state index in [1.165, 1.54) is 38.8 Å². The Morgan fingerprint density at radius 1 is 1.26 bits per heavy atom. The van der Waals surface area contributed by atoms with Crippen LogP contribution in [0.3, 0.4) is 0 Å². The molecule has 1 aromatic heterocycles. The van der Waals surface area contributed by atoms with Crippen molar-refractivity contribution in [2.75, 3.05) is 20.2 Å². The fourth-order valence-electron chi connectivity index (χ4n) is 2.91. The normalized spacial score (nSPS) is 23.7. The van der Waals surface area contributed by atoms with Crippen molar-refractivity contribution in [3.05, 3.63) is 16.4 Å². The van der Waals surface area contributed by atoms with Crippen LogP contribution in [0.4, 0.5) is 0 Å². The number of hydrogen-bond donors (Lipinski definition) is 0. The number of ether oxygens (including phenoxy) is 1. The first-order valence-electron chi connectivity index (χ1n) is 7.20. The minimum Gasteiger partial charge on any atom is -0.375 e. The third-order valence-corrected chi connectivity index (χ3v) is 5.00. The van der Waals surface area contributed by atoms with E-state index in [0.29, 0.717) is 6.04 Å². The second-order valence-corrected chi connectivity index (χ2v) is 6.57. The Balaban J connectivity index is 1.66. The molecule has 1 aliphatic carbocycles. The number of halogens is 1. The molecule has 106 valence electrons. The molecule has 0 spiro atoms. The van der Waals surface area contributed by atoms with Crippen molar-refractivity contribution in [3.8, 4) is 0 Å². The standard InChI is InChI=1S/C14H22BrN3O/c1-10(19-2)14-13(15)9-18(16-14)12-5-7-17(8-6-12)11-3-4-11/h9-12H,3-8H2,1-2H3/t10-/m0/s1. The van der Waals surface area contributed by atoms with Crippen LogP contribution in [0.15, 0.2) is 10.7 Å². The molecule has 2 aliphatic rings. The van der Waals surface area contributed by atoms with Crippen LogP contribution in [0.25, 0.3) is 0 Å². The molecule has 1 atom stereocenters. The largest absolute Gasteiger partial charge is 0.375 e. The van der Waals surface area contributed by atoms with Gasteiger partial charge in [0.1, 0.15) is 5.69 Å². The average molecular weight is 328 g/mol. The van der Waals surface area contributed by atoms with Crippen molar-refractivity contribution >= 4 is 15.9 Å².